The second-order valence-corrected chi connectivity index (χ2v) is 7.38. The molecule has 0 amide bonds. The second kappa shape index (κ2) is 5.38. The first-order valence-electron chi connectivity index (χ1n) is 7.31. The molecular weight excluding hydrogens is 314 g/mol. The van der Waals surface area contributed by atoms with Crippen LogP contribution in [0, 0.1) is 13.8 Å². The van der Waals surface area contributed by atoms with Crippen molar-refractivity contribution in [3.05, 3.63) is 42.0 Å². The molecule has 0 aromatic carbocycles. The van der Waals surface area contributed by atoms with Crippen molar-refractivity contribution in [1.82, 2.24) is 19.4 Å². The van der Waals surface area contributed by atoms with Gasteiger partial charge in [-0.2, -0.15) is 10.2 Å². The van der Waals surface area contributed by atoms with Crippen LogP contribution in [0.1, 0.15) is 31.3 Å². The third kappa shape index (κ3) is 2.70. The predicted molar refractivity (Wildman–Crippen MR) is 88.1 cm³/mol. The Morgan fingerprint density at radius 3 is 2.61 bits per heavy atom. The highest BCUT2D eigenvalue weighted by Crippen LogP contribution is 2.25. The summed E-state index contributed by atoms with van der Waals surface area (Å²) < 4.78 is 31.6. The van der Waals surface area contributed by atoms with Gasteiger partial charge < -0.3 is 0 Å². The van der Waals surface area contributed by atoms with Crippen molar-refractivity contribution >= 4 is 21.2 Å². The number of fused-ring (bicyclic) bond motifs is 1. The summed E-state index contributed by atoms with van der Waals surface area (Å²) in [5.74, 6) is 0. The van der Waals surface area contributed by atoms with E-state index in [2.05, 4.69) is 14.9 Å². The van der Waals surface area contributed by atoms with Crippen LogP contribution in [0.25, 0.3) is 5.52 Å². The number of rotatable bonds is 4. The van der Waals surface area contributed by atoms with Crippen LogP contribution in [0.15, 0.2) is 35.5 Å². The number of pyridine rings is 1. The molecule has 8 heteroatoms. The highest BCUT2D eigenvalue weighted by atomic mass is 32.2. The molecule has 0 aliphatic rings. The predicted octanol–water partition coefficient (Wildman–Crippen LogP) is 2.53. The third-order valence-corrected chi connectivity index (χ3v) is 5.30. The summed E-state index contributed by atoms with van der Waals surface area (Å²) in [5.41, 5.74) is 2.44. The topological polar surface area (TPSA) is 81.3 Å². The third-order valence-electron chi connectivity index (χ3n) is 3.67. The Balaban J connectivity index is 2.01. The molecule has 23 heavy (non-hydrogen) atoms. The van der Waals surface area contributed by atoms with E-state index >= 15 is 0 Å². The summed E-state index contributed by atoms with van der Waals surface area (Å²) in [6.45, 7) is 7.42. The van der Waals surface area contributed by atoms with Gasteiger partial charge in [-0.3, -0.25) is 9.40 Å². The fourth-order valence-corrected chi connectivity index (χ4v) is 4.18. The van der Waals surface area contributed by atoms with E-state index in [1.165, 1.54) is 0 Å². The summed E-state index contributed by atoms with van der Waals surface area (Å²) in [6, 6.07) is 5.32. The molecule has 0 spiro atoms. The smallest absolute Gasteiger partial charge is 0.265 e. The first-order chi connectivity index (χ1) is 10.8. The fraction of sp³-hybridized carbons (Fsp3) is 0.333. The van der Waals surface area contributed by atoms with Crippen molar-refractivity contribution in [3.8, 4) is 0 Å². The van der Waals surface area contributed by atoms with Crippen molar-refractivity contribution in [1.29, 1.82) is 0 Å². The van der Waals surface area contributed by atoms with Crippen LogP contribution >= 0.6 is 0 Å². The zero-order chi connectivity index (χ0) is 16.8. The largest absolute Gasteiger partial charge is 0.279 e. The molecule has 0 saturated heterocycles. The molecule has 1 N–H and O–H groups in total. The molecule has 7 nitrogen and oxygen atoms in total. The van der Waals surface area contributed by atoms with E-state index < -0.39 is 10.0 Å². The first kappa shape index (κ1) is 15.5. The lowest BCUT2D eigenvalue weighted by Crippen LogP contribution is -2.15. The standard InChI is InChI=1S/C15H19N5O2S/c1-10(2)20-12(4)15(11(3)17-20)23(21,22)18-13-6-8-19-14(9-13)5-7-16-19/h5-10,18H,1-4H3. The molecule has 3 aromatic heterocycles. The molecule has 0 aliphatic carbocycles. The van der Waals surface area contributed by atoms with E-state index in [0.29, 0.717) is 17.1 Å². The molecule has 122 valence electrons. The van der Waals surface area contributed by atoms with Gasteiger partial charge in [0.1, 0.15) is 4.90 Å². The molecule has 0 unspecified atom stereocenters. The van der Waals surface area contributed by atoms with Crippen molar-refractivity contribution in [2.45, 2.75) is 38.6 Å². The Morgan fingerprint density at radius 2 is 1.96 bits per heavy atom. The SMILES string of the molecule is Cc1nn(C(C)C)c(C)c1S(=O)(=O)Nc1ccn2nccc2c1. The van der Waals surface area contributed by atoms with Crippen LogP contribution in [-0.2, 0) is 10.0 Å². The maximum atomic E-state index is 12.8. The lowest BCUT2D eigenvalue weighted by atomic mass is 10.3. The molecule has 3 rings (SSSR count). The Morgan fingerprint density at radius 1 is 1.22 bits per heavy atom. The zero-order valence-corrected chi connectivity index (χ0v) is 14.3. The lowest BCUT2D eigenvalue weighted by Gasteiger charge is -2.10. The molecule has 0 radical (unpaired) electrons. The average Bonchev–Trinajstić information content (AvgIpc) is 3.02. The molecule has 3 heterocycles. The number of hydrogen-bond acceptors (Lipinski definition) is 4. The van der Waals surface area contributed by atoms with Gasteiger partial charge in [-0.15, -0.1) is 0 Å². The monoisotopic (exact) mass is 333 g/mol. The summed E-state index contributed by atoms with van der Waals surface area (Å²) in [6.07, 6.45) is 3.37. The van der Waals surface area contributed by atoms with Gasteiger partial charge >= 0.3 is 0 Å². The maximum Gasteiger partial charge on any atom is 0.265 e. The molecule has 0 atom stereocenters. The number of sulfonamides is 1. The zero-order valence-electron chi connectivity index (χ0n) is 13.5. The van der Waals surface area contributed by atoms with Crippen molar-refractivity contribution in [2.24, 2.45) is 0 Å². The average molecular weight is 333 g/mol. The molecule has 0 saturated carbocycles. The summed E-state index contributed by atoms with van der Waals surface area (Å²) in [7, 11) is -3.70. The van der Waals surface area contributed by atoms with E-state index in [9.17, 15) is 8.42 Å². The number of aromatic nitrogens is 4. The van der Waals surface area contributed by atoms with Crippen molar-refractivity contribution in [2.75, 3.05) is 4.72 Å². The lowest BCUT2D eigenvalue weighted by molar-refractivity contribution is 0.514. The van der Waals surface area contributed by atoms with Crippen LogP contribution in [0.5, 0.6) is 0 Å². The van der Waals surface area contributed by atoms with E-state index in [1.807, 2.05) is 19.9 Å². The van der Waals surface area contributed by atoms with Gasteiger partial charge in [0.05, 0.1) is 22.6 Å². The summed E-state index contributed by atoms with van der Waals surface area (Å²) in [4.78, 5) is 0.236. The van der Waals surface area contributed by atoms with Gasteiger partial charge in [-0.1, -0.05) is 0 Å². The summed E-state index contributed by atoms with van der Waals surface area (Å²) >= 11 is 0. The number of anilines is 1. The molecule has 3 aromatic rings. The van der Waals surface area contributed by atoms with Gasteiger partial charge in [0.25, 0.3) is 10.0 Å². The van der Waals surface area contributed by atoms with Crippen LogP contribution in [0.4, 0.5) is 5.69 Å². The quantitative estimate of drug-likeness (QED) is 0.795. The molecular formula is C15H19N5O2S. The Labute approximate surface area is 135 Å². The van der Waals surface area contributed by atoms with Crippen LogP contribution in [0.3, 0.4) is 0 Å². The van der Waals surface area contributed by atoms with E-state index in [4.69, 9.17) is 0 Å². The van der Waals surface area contributed by atoms with Crippen molar-refractivity contribution < 1.29 is 8.42 Å². The highest BCUT2D eigenvalue weighted by Gasteiger charge is 2.25. The first-order valence-corrected chi connectivity index (χ1v) is 8.80. The molecule has 0 bridgehead atoms. The Bertz CT molecular complexity index is 969. The number of nitrogens with one attached hydrogen (secondary N) is 1. The number of hydrogen-bond donors (Lipinski definition) is 1. The second-order valence-electron chi connectivity index (χ2n) is 5.76. The van der Waals surface area contributed by atoms with E-state index in [-0.39, 0.29) is 10.9 Å². The van der Waals surface area contributed by atoms with E-state index in [0.717, 1.165) is 5.52 Å². The van der Waals surface area contributed by atoms with Crippen molar-refractivity contribution in [3.63, 3.8) is 0 Å². The van der Waals surface area contributed by atoms with Gasteiger partial charge in [0.2, 0.25) is 0 Å². The maximum absolute atomic E-state index is 12.8. The Hall–Kier alpha value is -2.35. The minimum absolute atomic E-state index is 0.0980. The van der Waals surface area contributed by atoms with Gasteiger partial charge in [0, 0.05) is 18.4 Å². The number of nitrogens with zero attached hydrogens (tertiary/aromatic N) is 4. The summed E-state index contributed by atoms with van der Waals surface area (Å²) in [5, 5.41) is 8.43. The highest BCUT2D eigenvalue weighted by molar-refractivity contribution is 7.92. The minimum Gasteiger partial charge on any atom is -0.279 e. The van der Waals surface area contributed by atoms with Gasteiger partial charge in [-0.05, 0) is 45.9 Å². The fourth-order valence-electron chi connectivity index (χ4n) is 2.73. The normalized spacial score (nSPS) is 12.2. The van der Waals surface area contributed by atoms with Gasteiger partial charge in [0.15, 0.2) is 0 Å². The molecule has 0 aliphatic heterocycles. The molecule has 0 fully saturated rings. The van der Waals surface area contributed by atoms with Crippen LogP contribution in [-0.4, -0.2) is 27.8 Å². The minimum atomic E-state index is -3.70. The van der Waals surface area contributed by atoms with Crippen LogP contribution < -0.4 is 4.72 Å². The van der Waals surface area contributed by atoms with Gasteiger partial charge in [-0.25, -0.2) is 12.9 Å². The number of aryl methyl sites for hydroxylation is 1. The Kier molecular flexibility index (Phi) is 3.63. The van der Waals surface area contributed by atoms with Crippen LogP contribution in [0.2, 0.25) is 0 Å². The van der Waals surface area contributed by atoms with E-state index in [1.54, 1.807) is 47.6 Å².